The van der Waals surface area contributed by atoms with Gasteiger partial charge in [-0.05, 0) is 36.2 Å². The number of hydrogen-bond acceptors (Lipinski definition) is 1. The largest absolute Gasteiger partial charge is 0.492 e. The first-order valence-corrected chi connectivity index (χ1v) is 7.84. The minimum Gasteiger partial charge on any atom is -0.492 e. The van der Waals surface area contributed by atoms with Gasteiger partial charge in [-0.25, -0.2) is 0 Å². The molecule has 0 atom stereocenters. The van der Waals surface area contributed by atoms with Gasteiger partial charge in [0.15, 0.2) is 0 Å². The van der Waals surface area contributed by atoms with Crippen LogP contribution >= 0.6 is 0 Å². The minimum absolute atomic E-state index is 0.797. The Kier molecular flexibility index (Phi) is 4.10. The zero-order valence-electron chi connectivity index (χ0n) is 12.9. The van der Waals surface area contributed by atoms with Gasteiger partial charge in [-0.2, -0.15) is 0 Å². The van der Waals surface area contributed by atoms with Crippen LogP contribution in [0.1, 0.15) is 31.7 Å². The standard InChI is InChI=1S/C20H22O/c1-3-4-7-12-21-20-18-9-6-5-8-16(18)14-17-11-10-15(2)13-19(17)20/h5-6,8-11,13-14H,3-4,7,12H2,1-2H3. The van der Waals surface area contributed by atoms with E-state index < -0.39 is 0 Å². The topological polar surface area (TPSA) is 9.23 Å². The van der Waals surface area contributed by atoms with Crippen LogP contribution < -0.4 is 4.74 Å². The Labute approximate surface area is 126 Å². The fraction of sp³-hybridized carbons (Fsp3) is 0.300. The van der Waals surface area contributed by atoms with Crippen molar-refractivity contribution in [1.82, 2.24) is 0 Å². The average molecular weight is 278 g/mol. The summed E-state index contributed by atoms with van der Waals surface area (Å²) in [5.41, 5.74) is 1.27. The quantitative estimate of drug-likeness (QED) is 0.419. The zero-order valence-corrected chi connectivity index (χ0v) is 12.9. The molecule has 0 spiro atoms. The van der Waals surface area contributed by atoms with Crippen LogP contribution in [0.3, 0.4) is 0 Å². The van der Waals surface area contributed by atoms with Crippen LogP contribution in [-0.2, 0) is 0 Å². The SMILES string of the molecule is CCCCCOc1c2ccccc2cc2ccc(C)cc12. The fourth-order valence-electron chi connectivity index (χ4n) is 2.82. The van der Waals surface area contributed by atoms with Gasteiger partial charge >= 0.3 is 0 Å². The van der Waals surface area contributed by atoms with Gasteiger partial charge < -0.3 is 4.74 Å². The molecule has 0 saturated heterocycles. The highest BCUT2D eigenvalue weighted by Gasteiger charge is 2.08. The van der Waals surface area contributed by atoms with Gasteiger partial charge in [0.2, 0.25) is 0 Å². The maximum atomic E-state index is 6.19. The third-order valence-electron chi connectivity index (χ3n) is 3.96. The number of hydrogen-bond donors (Lipinski definition) is 0. The van der Waals surface area contributed by atoms with Crippen LogP contribution in [0.15, 0.2) is 48.5 Å². The molecule has 0 aliphatic rings. The van der Waals surface area contributed by atoms with Gasteiger partial charge in [-0.3, -0.25) is 0 Å². The lowest BCUT2D eigenvalue weighted by Gasteiger charge is -2.13. The van der Waals surface area contributed by atoms with Crippen molar-refractivity contribution in [2.75, 3.05) is 6.61 Å². The van der Waals surface area contributed by atoms with Gasteiger partial charge in [-0.15, -0.1) is 0 Å². The van der Waals surface area contributed by atoms with E-state index in [-0.39, 0.29) is 0 Å². The van der Waals surface area contributed by atoms with E-state index in [4.69, 9.17) is 4.74 Å². The first kappa shape index (κ1) is 13.9. The molecule has 0 unspecified atom stereocenters. The summed E-state index contributed by atoms with van der Waals surface area (Å²) in [6.07, 6.45) is 3.56. The molecule has 0 aromatic heterocycles. The number of ether oxygens (including phenoxy) is 1. The molecule has 0 heterocycles. The molecule has 0 saturated carbocycles. The predicted octanol–water partition coefficient (Wildman–Crippen LogP) is 5.87. The first-order valence-electron chi connectivity index (χ1n) is 7.84. The van der Waals surface area contributed by atoms with Gasteiger partial charge in [0.05, 0.1) is 6.61 Å². The lowest BCUT2D eigenvalue weighted by molar-refractivity contribution is 0.313. The molecule has 0 radical (unpaired) electrons. The summed E-state index contributed by atoms with van der Waals surface area (Å²) >= 11 is 0. The van der Waals surface area contributed by atoms with Crippen LogP contribution in [0.2, 0.25) is 0 Å². The zero-order chi connectivity index (χ0) is 14.7. The molecule has 0 amide bonds. The first-order chi connectivity index (χ1) is 10.3. The van der Waals surface area contributed by atoms with E-state index in [0.717, 1.165) is 18.8 Å². The van der Waals surface area contributed by atoms with Crippen LogP contribution in [0.5, 0.6) is 5.75 Å². The van der Waals surface area contributed by atoms with E-state index in [1.54, 1.807) is 0 Å². The van der Waals surface area contributed by atoms with Gasteiger partial charge in [-0.1, -0.05) is 61.7 Å². The van der Waals surface area contributed by atoms with Crippen molar-refractivity contribution >= 4 is 21.5 Å². The number of fused-ring (bicyclic) bond motifs is 2. The van der Waals surface area contributed by atoms with Crippen molar-refractivity contribution < 1.29 is 4.74 Å². The Morgan fingerprint density at radius 2 is 1.67 bits per heavy atom. The van der Waals surface area contributed by atoms with Crippen LogP contribution in [0.25, 0.3) is 21.5 Å². The number of unbranched alkanes of at least 4 members (excludes halogenated alkanes) is 2. The Morgan fingerprint density at radius 1 is 0.857 bits per heavy atom. The molecule has 0 N–H and O–H groups in total. The molecule has 0 aliphatic heterocycles. The molecular weight excluding hydrogens is 256 g/mol. The number of rotatable bonds is 5. The summed E-state index contributed by atoms with van der Waals surface area (Å²) in [7, 11) is 0. The van der Waals surface area contributed by atoms with Gasteiger partial charge in [0, 0.05) is 10.8 Å². The Bertz CT molecular complexity index is 758. The smallest absolute Gasteiger partial charge is 0.134 e. The third-order valence-corrected chi connectivity index (χ3v) is 3.96. The molecule has 108 valence electrons. The Morgan fingerprint density at radius 3 is 2.52 bits per heavy atom. The molecular formula is C20H22O. The van der Waals surface area contributed by atoms with E-state index in [1.165, 1.54) is 39.9 Å². The van der Waals surface area contributed by atoms with E-state index in [2.05, 4.69) is 62.4 Å². The van der Waals surface area contributed by atoms with E-state index >= 15 is 0 Å². The summed E-state index contributed by atoms with van der Waals surface area (Å²) in [6.45, 7) is 5.15. The molecule has 3 rings (SSSR count). The van der Waals surface area contributed by atoms with Crippen LogP contribution in [0.4, 0.5) is 0 Å². The Balaban J connectivity index is 2.12. The summed E-state index contributed by atoms with van der Waals surface area (Å²) in [5, 5.41) is 4.95. The molecule has 3 aromatic rings. The summed E-state index contributed by atoms with van der Waals surface area (Å²) in [4.78, 5) is 0. The highest BCUT2D eigenvalue weighted by molar-refractivity contribution is 6.05. The maximum Gasteiger partial charge on any atom is 0.134 e. The number of benzene rings is 3. The lowest BCUT2D eigenvalue weighted by atomic mass is 10.0. The highest BCUT2D eigenvalue weighted by Crippen LogP contribution is 2.35. The average Bonchev–Trinajstić information content (AvgIpc) is 2.51. The highest BCUT2D eigenvalue weighted by atomic mass is 16.5. The van der Waals surface area contributed by atoms with Crippen LogP contribution in [0, 0.1) is 6.92 Å². The van der Waals surface area contributed by atoms with E-state index in [0.29, 0.717) is 0 Å². The van der Waals surface area contributed by atoms with Crippen molar-refractivity contribution in [2.24, 2.45) is 0 Å². The molecule has 1 heteroatoms. The lowest BCUT2D eigenvalue weighted by Crippen LogP contribution is -1.98. The molecule has 0 fully saturated rings. The fourth-order valence-corrected chi connectivity index (χ4v) is 2.82. The van der Waals surface area contributed by atoms with E-state index in [9.17, 15) is 0 Å². The molecule has 21 heavy (non-hydrogen) atoms. The molecule has 3 aromatic carbocycles. The van der Waals surface area contributed by atoms with Crippen molar-refractivity contribution in [3.63, 3.8) is 0 Å². The minimum atomic E-state index is 0.797. The van der Waals surface area contributed by atoms with Crippen molar-refractivity contribution in [3.05, 3.63) is 54.1 Å². The molecule has 0 aliphatic carbocycles. The second-order valence-electron chi connectivity index (χ2n) is 5.71. The van der Waals surface area contributed by atoms with Gasteiger partial charge in [0.25, 0.3) is 0 Å². The summed E-state index contributed by atoms with van der Waals surface area (Å²) < 4.78 is 6.19. The molecule has 1 nitrogen and oxygen atoms in total. The second kappa shape index (κ2) is 6.17. The molecule has 0 bridgehead atoms. The van der Waals surface area contributed by atoms with Crippen molar-refractivity contribution in [1.29, 1.82) is 0 Å². The van der Waals surface area contributed by atoms with Crippen molar-refractivity contribution in [3.8, 4) is 5.75 Å². The summed E-state index contributed by atoms with van der Waals surface area (Å²) in [6, 6.07) is 17.3. The second-order valence-corrected chi connectivity index (χ2v) is 5.71. The number of aryl methyl sites for hydroxylation is 1. The predicted molar refractivity (Wildman–Crippen MR) is 91.2 cm³/mol. The van der Waals surface area contributed by atoms with Crippen molar-refractivity contribution in [2.45, 2.75) is 33.1 Å². The normalized spacial score (nSPS) is 11.1. The Hall–Kier alpha value is -2.02. The third kappa shape index (κ3) is 2.87. The monoisotopic (exact) mass is 278 g/mol. The van der Waals surface area contributed by atoms with Crippen LogP contribution in [-0.4, -0.2) is 6.61 Å². The summed E-state index contributed by atoms with van der Waals surface area (Å²) in [5.74, 6) is 1.04. The maximum absolute atomic E-state index is 6.19. The van der Waals surface area contributed by atoms with Gasteiger partial charge in [0.1, 0.15) is 5.75 Å². The van der Waals surface area contributed by atoms with E-state index in [1.807, 2.05) is 0 Å².